The lowest BCUT2D eigenvalue weighted by Crippen LogP contribution is -2.43. The number of benzene rings is 1. The van der Waals surface area contributed by atoms with Crippen molar-refractivity contribution in [1.82, 2.24) is 28.5 Å². The number of aryl methyl sites for hydroxylation is 2. The van der Waals surface area contributed by atoms with Gasteiger partial charge in [0.05, 0.1) is 6.33 Å². The van der Waals surface area contributed by atoms with E-state index in [0.29, 0.717) is 11.3 Å². The molecule has 164 valence electrons. The topological polar surface area (TPSA) is 97.4 Å². The molecule has 0 atom stereocenters. The molecule has 3 heterocycles. The molecule has 0 unspecified atom stereocenters. The monoisotopic (exact) mass is 425 g/mol. The van der Waals surface area contributed by atoms with Crippen LogP contribution in [0.2, 0.25) is 0 Å². The highest BCUT2D eigenvalue weighted by atomic mass is 16.2. The Hall–Kier alpha value is -3.24. The van der Waals surface area contributed by atoms with E-state index in [0.717, 1.165) is 37.3 Å². The van der Waals surface area contributed by atoms with Gasteiger partial charge in [-0.1, -0.05) is 12.1 Å². The fourth-order valence-electron chi connectivity index (χ4n) is 3.84. The first-order chi connectivity index (χ1) is 14.8. The zero-order valence-electron chi connectivity index (χ0n) is 18.0. The molecule has 0 bridgehead atoms. The minimum absolute atomic E-state index is 0.281. The molecule has 2 aromatic heterocycles. The summed E-state index contributed by atoms with van der Waals surface area (Å²) in [6.45, 7) is 4.72. The van der Waals surface area contributed by atoms with Crippen LogP contribution in [0, 0.1) is 0 Å². The van der Waals surface area contributed by atoms with E-state index in [1.165, 1.54) is 23.5 Å². The number of likely N-dealkylation sites (N-methyl/N-ethyl adjacent to an activating group) is 1. The van der Waals surface area contributed by atoms with Crippen LogP contribution in [0.5, 0.6) is 0 Å². The number of aromatic nitrogens is 4. The predicted octanol–water partition coefficient (Wildman–Crippen LogP) is -0.180. The Morgan fingerprint density at radius 2 is 1.71 bits per heavy atom. The maximum Gasteiger partial charge on any atom is 0.332 e. The van der Waals surface area contributed by atoms with Gasteiger partial charge in [0.25, 0.3) is 5.56 Å². The third-order valence-electron chi connectivity index (χ3n) is 5.74. The van der Waals surface area contributed by atoms with Gasteiger partial charge in [-0.25, -0.2) is 14.3 Å². The minimum Gasteiger partial charge on any atom is -0.328 e. The second kappa shape index (κ2) is 8.48. The number of fused-ring (bicyclic) bond motifs is 1. The summed E-state index contributed by atoms with van der Waals surface area (Å²) in [4.78, 5) is 46.6. The van der Waals surface area contributed by atoms with Gasteiger partial charge in [-0.15, -0.1) is 0 Å². The first-order valence-electron chi connectivity index (χ1n) is 10.2. The standard InChI is InChI=1S/C21H27N7O3/c1-24-8-10-27(11-9-24)12-15-4-6-16(7-5-15)23-17(29)13-28-20(30)18-19(22-14-25(18)2)26(3)21(28)31/h4-7,14H,8-13H2,1-3H3,(H,23,29). The average molecular weight is 425 g/mol. The highest BCUT2D eigenvalue weighted by Gasteiger charge is 2.17. The Labute approximate surface area is 179 Å². The van der Waals surface area contributed by atoms with E-state index in [4.69, 9.17) is 0 Å². The molecule has 0 radical (unpaired) electrons. The van der Waals surface area contributed by atoms with E-state index >= 15 is 0 Å². The molecule has 1 saturated heterocycles. The summed E-state index contributed by atoms with van der Waals surface area (Å²) in [5.74, 6) is -0.437. The average Bonchev–Trinajstić information content (AvgIpc) is 3.14. The van der Waals surface area contributed by atoms with Gasteiger partial charge in [0.15, 0.2) is 11.2 Å². The number of rotatable bonds is 5. The molecule has 0 spiro atoms. The molecule has 1 amide bonds. The number of piperazine rings is 1. The van der Waals surface area contributed by atoms with Crippen molar-refractivity contribution in [1.29, 1.82) is 0 Å². The fourth-order valence-corrected chi connectivity index (χ4v) is 3.84. The highest BCUT2D eigenvalue weighted by molar-refractivity contribution is 5.90. The van der Waals surface area contributed by atoms with Crippen LogP contribution < -0.4 is 16.6 Å². The van der Waals surface area contributed by atoms with Gasteiger partial charge in [-0.2, -0.15) is 0 Å². The number of hydrogen-bond acceptors (Lipinski definition) is 6. The first-order valence-corrected chi connectivity index (χ1v) is 10.2. The number of nitrogens with one attached hydrogen (secondary N) is 1. The molecule has 0 aliphatic carbocycles. The Morgan fingerprint density at radius 1 is 1.03 bits per heavy atom. The summed E-state index contributed by atoms with van der Waals surface area (Å²) in [5.41, 5.74) is 1.27. The minimum atomic E-state index is -0.575. The van der Waals surface area contributed by atoms with Crippen LogP contribution >= 0.6 is 0 Å². The van der Waals surface area contributed by atoms with Crippen molar-refractivity contribution < 1.29 is 4.79 Å². The van der Waals surface area contributed by atoms with Crippen molar-refractivity contribution in [3.8, 4) is 0 Å². The number of amides is 1. The summed E-state index contributed by atoms with van der Waals surface area (Å²) in [7, 11) is 5.34. The van der Waals surface area contributed by atoms with Crippen molar-refractivity contribution in [2.45, 2.75) is 13.1 Å². The van der Waals surface area contributed by atoms with Gasteiger partial charge in [0, 0.05) is 52.5 Å². The number of anilines is 1. The molecule has 3 aromatic rings. The molecule has 4 rings (SSSR count). The summed E-state index contributed by atoms with van der Waals surface area (Å²) in [6.07, 6.45) is 1.47. The van der Waals surface area contributed by atoms with Gasteiger partial charge in [-0.05, 0) is 24.7 Å². The molecule has 31 heavy (non-hydrogen) atoms. The first kappa shape index (κ1) is 21.0. The second-order valence-corrected chi connectivity index (χ2v) is 8.09. The summed E-state index contributed by atoms with van der Waals surface area (Å²) in [5, 5.41) is 2.77. The van der Waals surface area contributed by atoms with Gasteiger partial charge in [0.1, 0.15) is 6.54 Å². The number of hydrogen-bond donors (Lipinski definition) is 1. The number of carbonyl (C=O) groups is 1. The lowest BCUT2D eigenvalue weighted by Gasteiger charge is -2.32. The number of nitrogens with zero attached hydrogens (tertiary/aromatic N) is 6. The van der Waals surface area contributed by atoms with E-state index in [9.17, 15) is 14.4 Å². The molecular formula is C21H27N7O3. The van der Waals surface area contributed by atoms with Crippen LogP contribution in [0.3, 0.4) is 0 Å². The molecular weight excluding hydrogens is 398 g/mol. The zero-order chi connectivity index (χ0) is 22.1. The summed E-state index contributed by atoms with van der Waals surface area (Å²) in [6, 6.07) is 7.66. The quantitative estimate of drug-likeness (QED) is 0.609. The van der Waals surface area contributed by atoms with Crippen LogP contribution in [0.15, 0.2) is 40.2 Å². The van der Waals surface area contributed by atoms with E-state index in [2.05, 4.69) is 27.1 Å². The number of imidazole rings is 1. The molecule has 1 fully saturated rings. The van der Waals surface area contributed by atoms with Crippen molar-refractivity contribution >= 4 is 22.8 Å². The van der Waals surface area contributed by atoms with Gasteiger partial charge in [0.2, 0.25) is 5.91 Å². The van der Waals surface area contributed by atoms with E-state index in [-0.39, 0.29) is 12.1 Å². The van der Waals surface area contributed by atoms with Crippen LogP contribution in [-0.2, 0) is 32.0 Å². The smallest absolute Gasteiger partial charge is 0.328 e. The maximum atomic E-state index is 12.7. The lowest BCUT2D eigenvalue weighted by molar-refractivity contribution is -0.116. The lowest BCUT2D eigenvalue weighted by atomic mass is 10.2. The van der Waals surface area contributed by atoms with Crippen LogP contribution in [0.4, 0.5) is 5.69 Å². The Balaban J connectivity index is 1.44. The van der Waals surface area contributed by atoms with Crippen molar-refractivity contribution in [3.63, 3.8) is 0 Å². The van der Waals surface area contributed by atoms with Crippen molar-refractivity contribution in [2.24, 2.45) is 14.1 Å². The van der Waals surface area contributed by atoms with Crippen LogP contribution in [0.1, 0.15) is 5.56 Å². The molecule has 1 aromatic carbocycles. The molecule has 10 heteroatoms. The fraction of sp³-hybridized carbons (Fsp3) is 0.429. The van der Waals surface area contributed by atoms with E-state index < -0.39 is 17.2 Å². The SMILES string of the molecule is CN1CCN(Cc2ccc(NC(=O)Cn3c(=O)c4c(ncn4C)n(C)c3=O)cc2)CC1. The second-order valence-electron chi connectivity index (χ2n) is 8.09. The largest absolute Gasteiger partial charge is 0.332 e. The maximum absolute atomic E-state index is 12.7. The molecule has 1 aliphatic rings. The van der Waals surface area contributed by atoms with Gasteiger partial charge >= 0.3 is 5.69 Å². The van der Waals surface area contributed by atoms with Crippen LogP contribution in [-0.4, -0.2) is 67.6 Å². The summed E-state index contributed by atoms with van der Waals surface area (Å²) < 4.78 is 3.75. The summed E-state index contributed by atoms with van der Waals surface area (Å²) >= 11 is 0. The zero-order valence-corrected chi connectivity index (χ0v) is 18.0. The predicted molar refractivity (Wildman–Crippen MR) is 118 cm³/mol. The Bertz CT molecular complexity index is 1210. The number of carbonyl (C=O) groups excluding carboxylic acids is 1. The molecule has 0 saturated carbocycles. The van der Waals surface area contributed by atoms with Crippen LogP contribution in [0.25, 0.3) is 11.2 Å². The van der Waals surface area contributed by atoms with Gasteiger partial charge < -0.3 is 14.8 Å². The third kappa shape index (κ3) is 4.30. The van der Waals surface area contributed by atoms with Crippen molar-refractivity contribution in [3.05, 3.63) is 57.0 Å². The van der Waals surface area contributed by atoms with Gasteiger partial charge in [-0.3, -0.25) is 19.1 Å². The van der Waals surface area contributed by atoms with E-state index in [1.54, 1.807) is 11.6 Å². The highest BCUT2D eigenvalue weighted by Crippen LogP contribution is 2.13. The molecule has 1 N–H and O–H groups in total. The Morgan fingerprint density at radius 3 is 2.39 bits per heavy atom. The molecule has 10 nitrogen and oxygen atoms in total. The van der Waals surface area contributed by atoms with E-state index in [1.807, 2.05) is 24.3 Å². The Kier molecular flexibility index (Phi) is 5.75. The van der Waals surface area contributed by atoms with Crippen molar-refractivity contribution in [2.75, 3.05) is 38.5 Å². The normalized spacial score (nSPS) is 15.5. The molecule has 1 aliphatic heterocycles. The third-order valence-corrected chi connectivity index (χ3v) is 5.74.